The summed E-state index contributed by atoms with van der Waals surface area (Å²) in [4.78, 5) is 24.3. The van der Waals surface area contributed by atoms with Crippen molar-refractivity contribution in [1.29, 1.82) is 0 Å². The number of nitrogens with zero attached hydrogens (tertiary/aromatic N) is 6. The second-order valence-electron chi connectivity index (χ2n) is 11.0. The van der Waals surface area contributed by atoms with Crippen molar-refractivity contribution in [3.05, 3.63) is 94.1 Å². The largest absolute Gasteiger partial charge is 0.389 e. The molecule has 1 N–H and O–H groups in total. The molecule has 1 aliphatic rings. The highest BCUT2D eigenvalue weighted by atomic mass is 35.5. The summed E-state index contributed by atoms with van der Waals surface area (Å²) in [6, 6.07) is 17.2. The average Bonchev–Trinajstić information content (AvgIpc) is 3.41. The molecule has 1 saturated heterocycles. The lowest BCUT2D eigenvalue weighted by Gasteiger charge is -2.37. The van der Waals surface area contributed by atoms with Gasteiger partial charge < -0.3 is 19.3 Å². The van der Waals surface area contributed by atoms with Crippen molar-refractivity contribution in [2.45, 2.75) is 32.0 Å². The summed E-state index contributed by atoms with van der Waals surface area (Å²) in [7, 11) is 1.75. The fraction of sp³-hybridized carbons (Fsp3) is 0.290. The molecule has 210 valence electrons. The first-order valence-electron chi connectivity index (χ1n) is 13.5. The molecule has 1 fully saturated rings. The van der Waals surface area contributed by atoms with Gasteiger partial charge >= 0.3 is 0 Å². The van der Waals surface area contributed by atoms with Crippen molar-refractivity contribution in [2.75, 3.05) is 24.7 Å². The first-order valence-corrected chi connectivity index (χ1v) is 13.9. The van der Waals surface area contributed by atoms with Gasteiger partial charge in [-0.3, -0.25) is 9.48 Å². The molecule has 2 aromatic carbocycles. The first-order chi connectivity index (χ1) is 19.6. The number of hydrogen-bond donors (Lipinski definition) is 1. The maximum absolute atomic E-state index is 12.0. The van der Waals surface area contributed by atoms with Crippen LogP contribution in [0.25, 0.3) is 33.4 Å². The minimum Gasteiger partial charge on any atom is -0.389 e. The normalized spacial score (nSPS) is 15.9. The average molecular weight is 571 g/mol. The van der Waals surface area contributed by atoms with E-state index in [9.17, 15) is 9.90 Å². The Bertz CT molecular complexity index is 1770. The number of aryl methyl sites for hydroxylation is 1. The van der Waals surface area contributed by atoms with Gasteiger partial charge in [0.25, 0.3) is 0 Å². The molecule has 0 aliphatic carbocycles. The summed E-state index contributed by atoms with van der Waals surface area (Å²) in [5.41, 5.74) is 3.54. The molecule has 3 aromatic heterocycles. The Balaban J connectivity index is 1.51. The van der Waals surface area contributed by atoms with E-state index in [1.807, 2.05) is 54.9 Å². The number of morpholine rings is 1. The molecular formula is C31H31ClN6O3. The van der Waals surface area contributed by atoms with E-state index in [4.69, 9.17) is 26.3 Å². The highest BCUT2D eigenvalue weighted by Gasteiger charge is 2.28. The van der Waals surface area contributed by atoms with Crippen LogP contribution in [-0.4, -0.2) is 54.8 Å². The van der Waals surface area contributed by atoms with Gasteiger partial charge in [-0.1, -0.05) is 29.8 Å². The van der Waals surface area contributed by atoms with Crippen LogP contribution in [0.15, 0.2) is 78.0 Å². The molecule has 9 nitrogen and oxygen atoms in total. The van der Waals surface area contributed by atoms with Crippen LogP contribution in [0, 0.1) is 0 Å². The van der Waals surface area contributed by atoms with Crippen LogP contribution in [0.1, 0.15) is 25.5 Å². The third-order valence-electron chi connectivity index (χ3n) is 7.19. The molecule has 0 unspecified atom stereocenters. The van der Waals surface area contributed by atoms with Crippen molar-refractivity contribution in [3.63, 3.8) is 0 Å². The third kappa shape index (κ3) is 5.74. The SMILES string of the molecule is Cn1cc(-c2ccc3nc(-c4cnn(CC(C)(C)O)c4)nc(N4CCOC[C@@H]4c4ccc(Cl)cc4)c3c2)ccc1=O. The molecule has 4 heterocycles. The van der Waals surface area contributed by atoms with Crippen LogP contribution in [0.5, 0.6) is 0 Å². The Labute approximate surface area is 242 Å². The smallest absolute Gasteiger partial charge is 0.250 e. The number of benzene rings is 2. The van der Waals surface area contributed by atoms with Crippen LogP contribution < -0.4 is 10.5 Å². The molecule has 6 rings (SSSR count). The fourth-order valence-corrected chi connectivity index (χ4v) is 5.31. The summed E-state index contributed by atoms with van der Waals surface area (Å²) in [5, 5.41) is 16.3. The van der Waals surface area contributed by atoms with Crippen molar-refractivity contribution >= 4 is 28.3 Å². The van der Waals surface area contributed by atoms with Gasteiger partial charge in [0.1, 0.15) is 5.82 Å². The van der Waals surface area contributed by atoms with E-state index in [0.29, 0.717) is 37.2 Å². The Morgan fingerprint density at radius 3 is 2.56 bits per heavy atom. The van der Waals surface area contributed by atoms with Gasteiger partial charge in [0.2, 0.25) is 5.56 Å². The van der Waals surface area contributed by atoms with E-state index >= 15 is 0 Å². The Morgan fingerprint density at radius 1 is 1.02 bits per heavy atom. The molecule has 41 heavy (non-hydrogen) atoms. The minimum absolute atomic E-state index is 0.0625. The summed E-state index contributed by atoms with van der Waals surface area (Å²) in [6.07, 6.45) is 5.42. The zero-order chi connectivity index (χ0) is 28.7. The Hall–Kier alpha value is -4.05. The predicted molar refractivity (Wildman–Crippen MR) is 160 cm³/mol. The molecular weight excluding hydrogens is 540 g/mol. The predicted octanol–water partition coefficient (Wildman–Crippen LogP) is 4.86. The molecule has 0 amide bonds. The molecule has 1 atom stereocenters. The Kier molecular flexibility index (Phi) is 7.11. The molecule has 1 aliphatic heterocycles. The van der Waals surface area contributed by atoms with Crippen LogP contribution in [0.3, 0.4) is 0 Å². The molecule has 0 radical (unpaired) electrons. The van der Waals surface area contributed by atoms with Crippen molar-refractivity contribution in [1.82, 2.24) is 24.3 Å². The van der Waals surface area contributed by atoms with E-state index in [1.54, 1.807) is 42.4 Å². The standard InChI is InChI=1S/C31H31ClN6O3/c1-31(2,40)19-37-17-23(15-33-37)29-34-26-10-6-21(22-7-11-28(39)36(3)16-22)14-25(26)30(35-29)38-12-13-41-18-27(38)20-4-8-24(32)9-5-20/h4-11,14-17,27,40H,12-13,18-19H2,1-3H3/t27-/m1/s1. The zero-order valence-electron chi connectivity index (χ0n) is 23.2. The lowest BCUT2D eigenvalue weighted by Crippen LogP contribution is -2.40. The minimum atomic E-state index is -0.907. The number of hydrogen-bond acceptors (Lipinski definition) is 7. The second kappa shape index (κ2) is 10.7. The van der Waals surface area contributed by atoms with E-state index in [2.05, 4.69) is 16.1 Å². The molecule has 10 heteroatoms. The molecule has 5 aromatic rings. The molecule has 0 bridgehead atoms. The molecule has 0 spiro atoms. The van der Waals surface area contributed by atoms with Crippen molar-refractivity contribution in [2.24, 2.45) is 7.05 Å². The van der Waals surface area contributed by atoms with Crippen LogP contribution in [0.4, 0.5) is 5.82 Å². The lowest BCUT2D eigenvalue weighted by atomic mass is 10.0. The van der Waals surface area contributed by atoms with Gasteiger partial charge in [-0.05, 0) is 60.9 Å². The highest BCUT2D eigenvalue weighted by molar-refractivity contribution is 6.30. The highest BCUT2D eigenvalue weighted by Crippen LogP contribution is 2.36. The number of fused-ring (bicyclic) bond motifs is 1. The first kappa shape index (κ1) is 27.1. The van der Waals surface area contributed by atoms with Crippen LogP contribution in [-0.2, 0) is 18.3 Å². The fourth-order valence-electron chi connectivity index (χ4n) is 5.18. The van der Waals surface area contributed by atoms with Gasteiger partial charge in [-0.2, -0.15) is 5.10 Å². The van der Waals surface area contributed by atoms with E-state index in [-0.39, 0.29) is 11.6 Å². The van der Waals surface area contributed by atoms with E-state index in [0.717, 1.165) is 39.0 Å². The quantitative estimate of drug-likeness (QED) is 0.311. The summed E-state index contributed by atoms with van der Waals surface area (Å²) in [6.45, 7) is 5.55. The number of aliphatic hydroxyl groups is 1. The van der Waals surface area contributed by atoms with Crippen molar-refractivity contribution in [3.8, 4) is 22.5 Å². The lowest BCUT2D eigenvalue weighted by molar-refractivity contribution is 0.0577. The number of rotatable bonds is 6. The molecule has 0 saturated carbocycles. The van der Waals surface area contributed by atoms with Gasteiger partial charge in [0.15, 0.2) is 5.82 Å². The zero-order valence-corrected chi connectivity index (χ0v) is 23.9. The number of halogens is 1. The van der Waals surface area contributed by atoms with Gasteiger partial charge in [0, 0.05) is 42.5 Å². The summed E-state index contributed by atoms with van der Waals surface area (Å²) in [5.74, 6) is 1.33. The second-order valence-corrected chi connectivity index (χ2v) is 11.5. The monoisotopic (exact) mass is 570 g/mol. The Morgan fingerprint density at radius 2 is 1.80 bits per heavy atom. The van der Waals surface area contributed by atoms with Crippen molar-refractivity contribution < 1.29 is 9.84 Å². The maximum atomic E-state index is 12.0. The summed E-state index contributed by atoms with van der Waals surface area (Å²) >= 11 is 6.20. The topological polar surface area (TPSA) is 98.3 Å². The van der Waals surface area contributed by atoms with E-state index in [1.165, 1.54) is 0 Å². The summed E-state index contributed by atoms with van der Waals surface area (Å²) < 4.78 is 9.20. The third-order valence-corrected chi connectivity index (χ3v) is 7.44. The van der Waals surface area contributed by atoms with E-state index < -0.39 is 5.60 Å². The number of ether oxygens (including phenoxy) is 1. The van der Waals surface area contributed by atoms with Gasteiger partial charge in [0.05, 0.1) is 48.7 Å². The number of aromatic nitrogens is 5. The maximum Gasteiger partial charge on any atom is 0.250 e. The van der Waals surface area contributed by atoms with Crippen LogP contribution in [0.2, 0.25) is 5.02 Å². The number of anilines is 1. The van der Waals surface area contributed by atoms with Crippen LogP contribution >= 0.6 is 11.6 Å². The van der Waals surface area contributed by atoms with Gasteiger partial charge in [-0.15, -0.1) is 0 Å². The van der Waals surface area contributed by atoms with Gasteiger partial charge in [-0.25, -0.2) is 9.97 Å². The number of pyridine rings is 1.